The molecule has 0 aliphatic rings. The number of hydrogen-bond donors (Lipinski definition) is 1. The first-order valence-electron chi connectivity index (χ1n) is 9.74. The van der Waals surface area contributed by atoms with E-state index in [9.17, 15) is 4.79 Å². The summed E-state index contributed by atoms with van der Waals surface area (Å²) in [6.45, 7) is 2.81. The number of ether oxygens (including phenoxy) is 2. The summed E-state index contributed by atoms with van der Waals surface area (Å²) in [6.07, 6.45) is 1.83. The molecule has 3 aromatic rings. The molecule has 0 fully saturated rings. The predicted molar refractivity (Wildman–Crippen MR) is 127 cm³/mol. The van der Waals surface area contributed by atoms with E-state index in [0.717, 1.165) is 21.2 Å². The van der Waals surface area contributed by atoms with Crippen LogP contribution in [0.4, 0.5) is 0 Å². The molecule has 31 heavy (non-hydrogen) atoms. The maximum atomic E-state index is 12.1. The summed E-state index contributed by atoms with van der Waals surface area (Å²) in [6, 6.07) is 20.6. The largest absolute Gasteiger partial charge is 0.490 e. The molecule has 0 heterocycles. The van der Waals surface area contributed by atoms with Crippen molar-refractivity contribution in [2.75, 3.05) is 6.61 Å². The first kappa shape index (κ1) is 22.8. The molecule has 1 N–H and O–H groups in total. The lowest BCUT2D eigenvalue weighted by Crippen LogP contribution is -2.19. The summed E-state index contributed by atoms with van der Waals surface area (Å²) in [4.78, 5) is 12.1. The fourth-order valence-electron chi connectivity index (χ4n) is 2.74. The summed E-state index contributed by atoms with van der Waals surface area (Å²) in [7, 11) is 0. The summed E-state index contributed by atoms with van der Waals surface area (Å²) < 4.78 is 12.6. The van der Waals surface area contributed by atoms with Crippen molar-refractivity contribution in [3.05, 3.63) is 92.9 Å². The summed E-state index contributed by atoms with van der Waals surface area (Å²) >= 11 is 9.30. The van der Waals surface area contributed by atoms with E-state index >= 15 is 0 Å². The van der Waals surface area contributed by atoms with Crippen LogP contribution in [0, 0.1) is 0 Å². The molecule has 0 saturated carbocycles. The van der Waals surface area contributed by atoms with E-state index in [1.807, 2.05) is 73.7 Å². The molecule has 0 aromatic heterocycles. The van der Waals surface area contributed by atoms with Crippen LogP contribution in [-0.2, 0) is 17.8 Å². The van der Waals surface area contributed by atoms with Crippen molar-refractivity contribution < 1.29 is 14.3 Å². The van der Waals surface area contributed by atoms with Crippen LogP contribution in [-0.4, -0.2) is 18.7 Å². The summed E-state index contributed by atoms with van der Waals surface area (Å²) in [5, 5.41) is 4.73. The number of carbonyl (C=O) groups excluding carboxylic acids is 1. The minimum Gasteiger partial charge on any atom is -0.490 e. The van der Waals surface area contributed by atoms with Gasteiger partial charge in [-0.3, -0.25) is 4.79 Å². The van der Waals surface area contributed by atoms with Crippen molar-refractivity contribution in [3.63, 3.8) is 0 Å². The van der Waals surface area contributed by atoms with Gasteiger partial charge in [0.05, 0.1) is 19.2 Å². The number of nitrogens with one attached hydrogen (secondary N) is 1. The first-order valence-corrected chi connectivity index (χ1v) is 10.9. The lowest BCUT2D eigenvalue weighted by molar-refractivity contribution is -0.120. The SMILES string of the molecule is CCOc1cc(/C=N/NC(=O)Cc2ccc(Br)cc2)ccc1OCc1ccc(Cl)cc1. The fraction of sp³-hybridized carbons (Fsp3) is 0.167. The second-order valence-corrected chi connectivity index (χ2v) is 8.00. The number of hydrazone groups is 1. The standard InChI is InChI=1S/C24H22BrClN2O3/c1-2-30-23-13-19(7-12-22(23)31-16-18-5-10-21(26)11-6-18)15-27-28-24(29)14-17-3-8-20(25)9-4-17/h3-13,15H,2,14,16H2,1H3,(H,28,29)/b27-15+. The number of benzene rings is 3. The quantitative estimate of drug-likeness (QED) is 0.299. The number of amides is 1. The van der Waals surface area contributed by atoms with Crippen LogP contribution in [0.25, 0.3) is 0 Å². The van der Waals surface area contributed by atoms with Crippen molar-refractivity contribution >= 4 is 39.7 Å². The van der Waals surface area contributed by atoms with E-state index in [-0.39, 0.29) is 12.3 Å². The van der Waals surface area contributed by atoms with Gasteiger partial charge in [0.1, 0.15) is 6.61 Å². The van der Waals surface area contributed by atoms with Gasteiger partial charge in [0.25, 0.3) is 0 Å². The molecular weight excluding hydrogens is 480 g/mol. The van der Waals surface area contributed by atoms with E-state index in [1.165, 1.54) is 0 Å². The molecule has 3 rings (SSSR count). The molecule has 5 nitrogen and oxygen atoms in total. The van der Waals surface area contributed by atoms with Crippen LogP contribution in [0.3, 0.4) is 0 Å². The van der Waals surface area contributed by atoms with Gasteiger partial charge < -0.3 is 9.47 Å². The van der Waals surface area contributed by atoms with Crippen LogP contribution in [0.1, 0.15) is 23.6 Å². The normalized spacial score (nSPS) is 10.8. The Morgan fingerprint density at radius 1 is 1.00 bits per heavy atom. The molecule has 0 atom stereocenters. The Kier molecular flexibility index (Phi) is 8.50. The first-order chi connectivity index (χ1) is 15.0. The molecule has 0 bridgehead atoms. The molecule has 0 aliphatic heterocycles. The molecule has 3 aromatic carbocycles. The molecule has 0 unspecified atom stereocenters. The van der Waals surface area contributed by atoms with Gasteiger partial charge in [-0.25, -0.2) is 5.43 Å². The molecule has 0 radical (unpaired) electrons. The number of rotatable bonds is 9. The van der Waals surface area contributed by atoms with Crippen molar-refractivity contribution in [1.29, 1.82) is 0 Å². The highest BCUT2D eigenvalue weighted by Crippen LogP contribution is 2.29. The second kappa shape index (κ2) is 11.5. The molecule has 160 valence electrons. The molecule has 7 heteroatoms. The Hall–Kier alpha value is -2.83. The van der Waals surface area contributed by atoms with E-state index in [2.05, 4.69) is 26.5 Å². The number of nitrogens with zero attached hydrogens (tertiary/aromatic N) is 1. The van der Waals surface area contributed by atoms with Gasteiger partial charge >= 0.3 is 0 Å². The van der Waals surface area contributed by atoms with Crippen LogP contribution < -0.4 is 14.9 Å². The molecule has 0 aliphatic carbocycles. The van der Waals surface area contributed by atoms with Gasteiger partial charge in [0.15, 0.2) is 11.5 Å². The molecule has 0 spiro atoms. The highest BCUT2D eigenvalue weighted by molar-refractivity contribution is 9.10. The lowest BCUT2D eigenvalue weighted by Gasteiger charge is -2.12. The van der Waals surface area contributed by atoms with Crippen LogP contribution in [0.2, 0.25) is 5.02 Å². The molecule has 1 amide bonds. The number of halogens is 2. The highest BCUT2D eigenvalue weighted by atomic mass is 79.9. The minimum absolute atomic E-state index is 0.188. The number of carbonyl (C=O) groups is 1. The third-order valence-corrected chi connectivity index (χ3v) is 5.04. The van der Waals surface area contributed by atoms with Gasteiger partial charge in [-0.05, 0) is 66.1 Å². The van der Waals surface area contributed by atoms with E-state index < -0.39 is 0 Å². The van der Waals surface area contributed by atoms with Crippen molar-refractivity contribution in [2.45, 2.75) is 20.0 Å². The minimum atomic E-state index is -0.188. The van der Waals surface area contributed by atoms with Crippen LogP contribution in [0.5, 0.6) is 11.5 Å². The second-order valence-electron chi connectivity index (χ2n) is 6.65. The molecular formula is C24H22BrClN2O3. The lowest BCUT2D eigenvalue weighted by atomic mass is 10.1. The van der Waals surface area contributed by atoms with E-state index in [1.54, 1.807) is 6.21 Å². The van der Waals surface area contributed by atoms with E-state index in [0.29, 0.717) is 29.7 Å². The van der Waals surface area contributed by atoms with E-state index in [4.69, 9.17) is 21.1 Å². The van der Waals surface area contributed by atoms with Crippen LogP contribution in [0.15, 0.2) is 76.3 Å². The van der Waals surface area contributed by atoms with Gasteiger partial charge in [0.2, 0.25) is 5.91 Å². The maximum Gasteiger partial charge on any atom is 0.244 e. The predicted octanol–water partition coefficient (Wildman–Crippen LogP) is 5.77. The zero-order chi connectivity index (χ0) is 22.1. The zero-order valence-electron chi connectivity index (χ0n) is 17.0. The molecule has 0 saturated heterocycles. The average molecular weight is 502 g/mol. The fourth-order valence-corrected chi connectivity index (χ4v) is 3.13. The van der Waals surface area contributed by atoms with Crippen LogP contribution >= 0.6 is 27.5 Å². The van der Waals surface area contributed by atoms with Gasteiger partial charge in [-0.15, -0.1) is 0 Å². The third kappa shape index (κ3) is 7.42. The Morgan fingerprint density at radius 2 is 1.71 bits per heavy atom. The van der Waals surface area contributed by atoms with Gasteiger partial charge in [-0.1, -0.05) is 51.8 Å². The average Bonchev–Trinajstić information content (AvgIpc) is 2.76. The Balaban J connectivity index is 1.59. The highest BCUT2D eigenvalue weighted by Gasteiger charge is 2.07. The third-order valence-electron chi connectivity index (χ3n) is 4.26. The Morgan fingerprint density at radius 3 is 2.42 bits per heavy atom. The van der Waals surface area contributed by atoms with Gasteiger partial charge in [0, 0.05) is 9.50 Å². The number of hydrogen-bond acceptors (Lipinski definition) is 4. The smallest absolute Gasteiger partial charge is 0.244 e. The zero-order valence-corrected chi connectivity index (χ0v) is 19.3. The van der Waals surface area contributed by atoms with Gasteiger partial charge in [-0.2, -0.15) is 5.10 Å². The topological polar surface area (TPSA) is 59.9 Å². The summed E-state index contributed by atoms with van der Waals surface area (Å²) in [5.41, 5.74) is 5.25. The summed E-state index contributed by atoms with van der Waals surface area (Å²) in [5.74, 6) is 1.06. The van der Waals surface area contributed by atoms with Crippen molar-refractivity contribution in [1.82, 2.24) is 5.43 Å². The van der Waals surface area contributed by atoms with Crippen molar-refractivity contribution in [2.24, 2.45) is 5.10 Å². The maximum absolute atomic E-state index is 12.1. The Bertz CT molecular complexity index is 1040. The monoisotopic (exact) mass is 500 g/mol. The Labute approximate surface area is 195 Å². The van der Waals surface area contributed by atoms with Crippen molar-refractivity contribution in [3.8, 4) is 11.5 Å².